The Bertz CT molecular complexity index is 531. The number of anilines is 1. The van der Waals surface area contributed by atoms with E-state index in [0.717, 1.165) is 0 Å². The van der Waals surface area contributed by atoms with Crippen LogP contribution in [0.5, 0.6) is 5.75 Å². The van der Waals surface area contributed by atoms with Gasteiger partial charge in [-0.05, 0) is 39.3 Å². The minimum absolute atomic E-state index is 0.0707. The van der Waals surface area contributed by atoms with Crippen molar-refractivity contribution in [3.8, 4) is 5.75 Å². The van der Waals surface area contributed by atoms with E-state index in [1.807, 2.05) is 0 Å². The SMILES string of the molecule is CC(C)(C)OC(=O)Nc1ccc2c(c1)OCCCC2=O. The zero-order valence-electron chi connectivity index (χ0n) is 12.0. The van der Waals surface area contributed by atoms with Crippen molar-refractivity contribution >= 4 is 17.6 Å². The van der Waals surface area contributed by atoms with E-state index in [9.17, 15) is 9.59 Å². The van der Waals surface area contributed by atoms with Crippen LogP contribution in [0.1, 0.15) is 44.0 Å². The Balaban J connectivity index is 2.13. The zero-order valence-corrected chi connectivity index (χ0v) is 12.0. The summed E-state index contributed by atoms with van der Waals surface area (Å²) in [4.78, 5) is 23.5. The Kier molecular flexibility index (Phi) is 3.97. The van der Waals surface area contributed by atoms with E-state index < -0.39 is 11.7 Å². The van der Waals surface area contributed by atoms with E-state index >= 15 is 0 Å². The Morgan fingerprint density at radius 2 is 2.10 bits per heavy atom. The summed E-state index contributed by atoms with van der Waals surface area (Å²) in [5.41, 5.74) is 0.562. The molecular weight excluding hydrogens is 258 g/mol. The number of benzene rings is 1. The molecule has 1 amide bonds. The van der Waals surface area contributed by atoms with Crippen LogP contribution in [0.4, 0.5) is 10.5 Å². The normalized spacial score (nSPS) is 14.8. The molecule has 108 valence electrons. The van der Waals surface area contributed by atoms with Crippen molar-refractivity contribution in [2.24, 2.45) is 0 Å². The molecule has 0 radical (unpaired) electrons. The van der Waals surface area contributed by atoms with Crippen molar-refractivity contribution < 1.29 is 19.1 Å². The third-order valence-corrected chi connectivity index (χ3v) is 2.73. The van der Waals surface area contributed by atoms with E-state index in [4.69, 9.17) is 9.47 Å². The zero-order chi connectivity index (χ0) is 14.8. The van der Waals surface area contributed by atoms with Gasteiger partial charge in [0.15, 0.2) is 5.78 Å². The molecule has 0 unspecified atom stereocenters. The van der Waals surface area contributed by atoms with Crippen LogP contribution in [0.25, 0.3) is 0 Å². The first kappa shape index (κ1) is 14.4. The third-order valence-electron chi connectivity index (χ3n) is 2.73. The standard InChI is InChI=1S/C15H19NO4/c1-15(2,3)20-14(18)16-10-6-7-11-12(17)5-4-8-19-13(11)9-10/h6-7,9H,4-5,8H2,1-3H3,(H,16,18). The van der Waals surface area contributed by atoms with Gasteiger partial charge in [-0.15, -0.1) is 0 Å². The molecule has 1 N–H and O–H groups in total. The summed E-state index contributed by atoms with van der Waals surface area (Å²) in [7, 11) is 0. The molecule has 1 aliphatic heterocycles. The van der Waals surface area contributed by atoms with Gasteiger partial charge in [-0.3, -0.25) is 10.1 Å². The van der Waals surface area contributed by atoms with Gasteiger partial charge in [0.2, 0.25) is 0 Å². The lowest BCUT2D eigenvalue weighted by molar-refractivity contribution is 0.0636. The van der Waals surface area contributed by atoms with Gasteiger partial charge in [-0.2, -0.15) is 0 Å². The monoisotopic (exact) mass is 277 g/mol. The summed E-state index contributed by atoms with van der Waals surface area (Å²) in [5.74, 6) is 0.586. The molecule has 1 aromatic carbocycles. The van der Waals surface area contributed by atoms with Crippen LogP contribution in [0.3, 0.4) is 0 Å². The molecule has 0 atom stereocenters. The topological polar surface area (TPSA) is 64.6 Å². The fourth-order valence-corrected chi connectivity index (χ4v) is 1.92. The number of hydrogen-bond acceptors (Lipinski definition) is 4. The molecule has 2 rings (SSSR count). The van der Waals surface area contributed by atoms with Crippen molar-refractivity contribution in [3.63, 3.8) is 0 Å². The summed E-state index contributed by atoms with van der Waals surface area (Å²) < 4.78 is 10.7. The quantitative estimate of drug-likeness (QED) is 0.854. The second-order valence-electron chi connectivity index (χ2n) is 5.71. The van der Waals surface area contributed by atoms with E-state index in [1.54, 1.807) is 39.0 Å². The smallest absolute Gasteiger partial charge is 0.412 e. The van der Waals surface area contributed by atoms with Crippen LogP contribution in [0.15, 0.2) is 18.2 Å². The van der Waals surface area contributed by atoms with Gasteiger partial charge < -0.3 is 9.47 Å². The molecule has 20 heavy (non-hydrogen) atoms. The van der Waals surface area contributed by atoms with Crippen molar-refractivity contribution in [1.29, 1.82) is 0 Å². The second-order valence-corrected chi connectivity index (χ2v) is 5.71. The largest absolute Gasteiger partial charge is 0.493 e. The van der Waals surface area contributed by atoms with Crippen LogP contribution in [0, 0.1) is 0 Å². The molecule has 1 aliphatic rings. The molecule has 5 nitrogen and oxygen atoms in total. The van der Waals surface area contributed by atoms with Crippen molar-refractivity contribution in [1.82, 2.24) is 0 Å². The van der Waals surface area contributed by atoms with Crippen LogP contribution in [-0.4, -0.2) is 24.1 Å². The first-order chi connectivity index (χ1) is 9.35. The molecule has 0 aromatic heterocycles. The van der Waals surface area contributed by atoms with Gasteiger partial charge in [0.05, 0.1) is 12.2 Å². The summed E-state index contributed by atoms with van der Waals surface area (Å²) in [6.45, 7) is 5.90. The Morgan fingerprint density at radius 3 is 2.80 bits per heavy atom. The summed E-state index contributed by atoms with van der Waals surface area (Å²) in [6, 6.07) is 5.01. The molecule has 1 heterocycles. The highest BCUT2D eigenvalue weighted by Gasteiger charge is 2.19. The van der Waals surface area contributed by atoms with Crippen LogP contribution in [0.2, 0.25) is 0 Å². The lowest BCUT2D eigenvalue weighted by Crippen LogP contribution is -2.27. The number of carbonyl (C=O) groups is 2. The minimum atomic E-state index is -0.553. The van der Waals surface area contributed by atoms with Gasteiger partial charge in [-0.25, -0.2) is 4.79 Å². The fourth-order valence-electron chi connectivity index (χ4n) is 1.92. The molecule has 5 heteroatoms. The number of fused-ring (bicyclic) bond motifs is 1. The minimum Gasteiger partial charge on any atom is -0.493 e. The van der Waals surface area contributed by atoms with Crippen molar-refractivity contribution in [2.75, 3.05) is 11.9 Å². The number of ether oxygens (including phenoxy) is 2. The maximum atomic E-state index is 11.8. The molecule has 0 aliphatic carbocycles. The van der Waals surface area contributed by atoms with Crippen molar-refractivity contribution in [3.05, 3.63) is 23.8 Å². The van der Waals surface area contributed by atoms with Crippen LogP contribution >= 0.6 is 0 Å². The van der Waals surface area contributed by atoms with E-state index in [1.165, 1.54) is 0 Å². The molecule has 0 fully saturated rings. The summed E-state index contributed by atoms with van der Waals surface area (Å²) in [6.07, 6.45) is 0.672. The Hall–Kier alpha value is -2.04. The average molecular weight is 277 g/mol. The molecular formula is C15H19NO4. The number of hydrogen-bond donors (Lipinski definition) is 1. The number of ketones is 1. The molecule has 1 aromatic rings. The third kappa shape index (κ3) is 3.73. The highest BCUT2D eigenvalue weighted by Crippen LogP contribution is 2.27. The van der Waals surface area contributed by atoms with Gasteiger partial charge in [0.1, 0.15) is 11.4 Å². The van der Waals surface area contributed by atoms with Gasteiger partial charge >= 0.3 is 6.09 Å². The lowest BCUT2D eigenvalue weighted by atomic mass is 10.1. The highest BCUT2D eigenvalue weighted by atomic mass is 16.6. The Morgan fingerprint density at radius 1 is 1.35 bits per heavy atom. The van der Waals surface area contributed by atoms with Crippen LogP contribution < -0.4 is 10.1 Å². The molecule has 0 bridgehead atoms. The van der Waals surface area contributed by atoms with E-state index in [2.05, 4.69) is 5.32 Å². The molecule has 0 spiro atoms. The Labute approximate surface area is 118 Å². The van der Waals surface area contributed by atoms with E-state index in [0.29, 0.717) is 36.4 Å². The molecule has 0 saturated carbocycles. The fraction of sp³-hybridized carbons (Fsp3) is 0.467. The molecule has 0 saturated heterocycles. The summed E-state index contributed by atoms with van der Waals surface area (Å²) in [5, 5.41) is 2.63. The second kappa shape index (κ2) is 5.53. The number of amides is 1. The van der Waals surface area contributed by atoms with Gasteiger partial charge in [0, 0.05) is 18.2 Å². The lowest BCUT2D eigenvalue weighted by Gasteiger charge is -2.20. The van der Waals surface area contributed by atoms with Gasteiger partial charge in [-0.1, -0.05) is 0 Å². The number of rotatable bonds is 1. The predicted octanol–water partition coefficient (Wildman–Crippen LogP) is 3.39. The van der Waals surface area contributed by atoms with Crippen molar-refractivity contribution in [2.45, 2.75) is 39.2 Å². The maximum Gasteiger partial charge on any atom is 0.412 e. The van der Waals surface area contributed by atoms with E-state index in [-0.39, 0.29) is 5.78 Å². The van der Waals surface area contributed by atoms with Crippen LogP contribution in [-0.2, 0) is 4.74 Å². The first-order valence-corrected chi connectivity index (χ1v) is 6.65. The van der Waals surface area contributed by atoms with Gasteiger partial charge in [0.25, 0.3) is 0 Å². The number of Topliss-reactive ketones (excluding diaryl/α,β-unsaturated/α-hetero) is 1. The highest BCUT2D eigenvalue weighted by molar-refractivity contribution is 5.99. The average Bonchev–Trinajstić information content (AvgIpc) is 2.49. The first-order valence-electron chi connectivity index (χ1n) is 6.65. The predicted molar refractivity (Wildman–Crippen MR) is 75.4 cm³/mol. The number of carbonyl (C=O) groups excluding carboxylic acids is 2. The summed E-state index contributed by atoms with van der Waals surface area (Å²) >= 11 is 0. The maximum absolute atomic E-state index is 11.8. The number of nitrogens with one attached hydrogen (secondary N) is 1.